The van der Waals surface area contributed by atoms with E-state index in [9.17, 15) is 0 Å². The van der Waals surface area contributed by atoms with Gasteiger partial charge in [0.15, 0.2) is 11.5 Å². The van der Waals surface area contributed by atoms with Crippen LogP contribution in [0.15, 0.2) is 12.1 Å². The SMILES string of the molecule is COc1cc(C[NH+]2CC[NH2+]CC2)cc(OC)c1OC. The number of quaternary nitrogens is 2. The molecular formula is C14H24N2O3+2. The second kappa shape index (κ2) is 6.63. The molecule has 0 radical (unpaired) electrons. The van der Waals surface area contributed by atoms with Crippen LogP contribution in [0.3, 0.4) is 0 Å². The Morgan fingerprint density at radius 3 is 2.05 bits per heavy atom. The number of hydrogen-bond donors (Lipinski definition) is 2. The summed E-state index contributed by atoms with van der Waals surface area (Å²) in [5.41, 5.74) is 1.23. The molecule has 0 amide bonds. The zero-order chi connectivity index (χ0) is 13.7. The molecule has 0 unspecified atom stereocenters. The summed E-state index contributed by atoms with van der Waals surface area (Å²) >= 11 is 0. The molecule has 1 aromatic carbocycles. The maximum Gasteiger partial charge on any atom is 0.203 e. The van der Waals surface area contributed by atoms with Gasteiger partial charge in [0.25, 0.3) is 0 Å². The number of nitrogens with two attached hydrogens (primary N) is 1. The molecule has 1 heterocycles. The first-order chi connectivity index (χ1) is 9.28. The average molecular weight is 268 g/mol. The van der Waals surface area contributed by atoms with E-state index >= 15 is 0 Å². The molecule has 0 aromatic heterocycles. The van der Waals surface area contributed by atoms with Crippen LogP contribution < -0.4 is 24.4 Å². The Balaban J connectivity index is 2.20. The van der Waals surface area contributed by atoms with Crippen molar-refractivity contribution in [3.8, 4) is 17.2 Å². The van der Waals surface area contributed by atoms with Gasteiger partial charge in [-0.25, -0.2) is 0 Å². The lowest BCUT2D eigenvalue weighted by Gasteiger charge is -2.23. The molecule has 1 saturated heterocycles. The third kappa shape index (κ3) is 3.30. The molecule has 1 aliphatic rings. The number of nitrogens with one attached hydrogen (secondary N) is 1. The van der Waals surface area contributed by atoms with E-state index < -0.39 is 0 Å². The van der Waals surface area contributed by atoms with Gasteiger partial charge in [0, 0.05) is 5.56 Å². The van der Waals surface area contributed by atoms with Crippen LogP contribution in [0, 0.1) is 0 Å². The Bertz CT molecular complexity index is 392. The van der Waals surface area contributed by atoms with E-state index in [2.05, 4.69) is 5.32 Å². The van der Waals surface area contributed by atoms with Crippen molar-refractivity contribution in [2.75, 3.05) is 47.5 Å². The van der Waals surface area contributed by atoms with Crippen LogP contribution in [-0.4, -0.2) is 47.5 Å². The van der Waals surface area contributed by atoms with Crippen molar-refractivity contribution < 1.29 is 24.4 Å². The van der Waals surface area contributed by atoms with Crippen LogP contribution >= 0.6 is 0 Å². The van der Waals surface area contributed by atoms with Crippen molar-refractivity contribution in [2.24, 2.45) is 0 Å². The summed E-state index contributed by atoms with van der Waals surface area (Å²) in [5, 5.41) is 2.37. The zero-order valence-corrected chi connectivity index (χ0v) is 12.0. The van der Waals surface area contributed by atoms with Crippen molar-refractivity contribution in [1.82, 2.24) is 0 Å². The molecule has 106 valence electrons. The van der Waals surface area contributed by atoms with Crippen molar-refractivity contribution in [2.45, 2.75) is 6.54 Å². The van der Waals surface area contributed by atoms with Crippen molar-refractivity contribution in [1.29, 1.82) is 0 Å². The molecule has 3 N–H and O–H groups in total. The normalized spacial score (nSPS) is 16.2. The van der Waals surface area contributed by atoms with Gasteiger partial charge in [-0.1, -0.05) is 0 Å². The van der Waals surface area contributed by atoms with Gasteiger partial charge in [-0.15, -0.1) is 0 Å². The van der Waals surface area contributed by atoms with Crippen molar-refractivity contribution in [3.05, 3.63) is 17.7 Å². The van der Waals surface area contributed by atoms with Gasteiger partial charge in [-0.05, 0) is 12.1 Å². The maximum absolute atomic E-state index is 5.39. The molecular weight excluding hydrogens is 244 g/mol. The fraction of sp³-hybridized carbons (Fsp3) is 0.571. The fourth-order valence-corrected chi connectivity index (χ4v) is 2.58. The molecule has 0 bridgehead atoms. The van der Waals surface area contributed by atoms with Crippen molar-refractivity contribution >= 4 is 0 Å². The van der Waals surface area contributed by atoms with Gasteiger partial charge in [-0.2, -0.15) is 0 Å². The molecule has 0 aliphatic carbocycles. The van der Waals surface area contributed by atoms with Gasteiger partial charge >= 0.3 is 0 Å². The Hall–Kier alpha value is -1.46. The smallest absolute Gasteiger partial charge is 0.203 e. The van der Waals surface area contributed by atoms with Crippen LogP contribution in [0.4, 0.5) is 0 Å². The predicted molar refractivity (Wildman–Crippen MR) is 72.2 cm³/mol. The van der Waals surface area contributed by atoms with Gasteiger partial charge in [0.2, 0.25) is 5.75 Å². The second-order valence-corrected chi connectivity index (χ2v) is 4.83. The van der Waals surface area contributed by atoms with Crippen LogP contribution in [0.5, 0.6) is 17.2 Å². The highest BCUT2D eigenvalue weighted by molar-refractivity contribution is 5.53. The molecule has 1 aliphatic heterocycles. The summed E-state index contributed by atoms with van der Waals surface area (Å²) < 4.78 is 16.1. The standard InChI is InChI=1S/C14H22N2O3/c1-17-12-8-11(9-13(18-2)14(12)19-3)10-16-6-4-15-5-7-16/h8-9,15H,4-7,10H2,1-3H3/p+2. The van der Waals surface area contributed by atoms with E-state index in [1.165, 1.54) is 31.7 Å². The van der Waals surface area contributed by atoms with E-state index in [1.807, 2.05) is 12.1 Å². The van der Waals surface area contributed by atoms with E-state index in [0.29, 0.717) is 5.75 Å². The first-order valence-corrected chi connectivity index (χ1v) is 6.72. The van der Waals surface area contributed by atoms with Crippen LogP contribution in [0.2, 0.25) is 0 Å². The van der Waals surface area contributed by atoms with E-state index in [1.54, 1.807) is 26.2 Å². The van der Waals surface area contributed by atoms with E-state index in [0.717, 1.165) is 18.0 Å². The summed E-state index contributed by atoms with van der Waals surface area (Å²) in [6.07, 6.45) is 0. The lowest BCUT2D eigenvalue weighted by atomic mass is 10.1. The third-order valence-corrected chi connectivity index (χ3v) is 3.58. The second-order valence-electron chi connectivity index (χ2n) is 4.83. The molecule has 0 spiro atoms. The summed E-state index contributed by atoms with van der Waals surface area (Å²) in [5.74, 6) is 2.13. The van der Waals surface area contributed by atoms with Crippen LogP contribution in [-0.2, 0) is 6.54 Å². The van der Waals surface area contributed by atoms with Gasteiger partial charge < -0.3 is 24.4 Å². The Morgan fingerprint density at radius 2 is 1.58 bits per heavy atom. The molecule has 1 aromatic rings. The molecule has 5 nitrogen and oxygen atoms in total. The molecule has 19 heavy (non-hydrogen) atoms. The number of ether oxygens (including phenoxy) is 3. The van der Waals surface area contributed by atoms with Crippen LogP contribution in [0.1, 0.15) is 5.56 Å². The maximum atomic E-state index is 5.39. The first-order valence-electron chi connectivity index (χ1n) is 6.72. The fourth-order valence-electron chi connectivity index (χ4n) is 2.58. The highest BCUT2D eigenvalue weighted by atomic mass is 16.5. The molecule has 1 fully saturated rings. The highest BCUT2D eigenvalue weighted by Gasteiger charge is 2.19. The monoisotopic (exact) mass is 268 g/mol. The Kier molecular flexibility index (Phi) is 4.87. The lowest BCUT2D eigenvalue weighted by molar-refractivity contribution is -0.958. The summed E-state index contributed by atoms with van der Waals surface area (Å²) in [6.45, 7) is 5.83. The first kappa shape index (κ1) is 14.0. The quantitative estimate of drug-likeness (QED) is 0.696. The van der Waals surface area contributed by atoms with Crippen molar-refractivity contribution in [3.63, 3.8) is 0 Å². The zero-order valence-electron chi connectivity index (χ0n) is 12.0. The molecule has 2 rings (SSSR count). The van der Waals surface area contributed by atoms with E-state index in [-0.39, 0.29) is 0 Å². The number of benzene rings is 1. The minimum absolute atomic E-state index is 0.663. The average Bonchev–Trinajstić information content (AvgIpc) is 2.47. The van der Waals surface area contributed by atoms with Gasteiger partial charge in [-0.3, -0.25) is 0 Å². The van der Waals surface area contributed by atoms with Crippen LogP contribution in [0.25, 0.3) is 0 Å². The Labute approximate surface area is 114 Å². The Morgan fingerprint density at radius 1 is 1.00 bits per heavy atom. The van der Waals surface area contributed by atoms with Gasteiger partial charge in [0.1, 0.15) is 32.7 Å². The molecule has 5 heteroatoms. The summed E-state index contributed by atoms with van der Waals surface area (Å²) in [7, 11) is 4.94. The number of methoxy groups -OCH3 is 3. The third-order valence-electron chi connectivity index (χ3n) is 3.58. The largest absolute Gasteiger partial charge is 0.493 e. The highest BCUT2D eigenvalue weighted by Crippen LogP contribution is 2.37. The minimum Gasteiger partial charge on any atom is -0.493 e. The minimum atomic E-state index is 0.663. The summed E-state index contributed by atoms with van der Waals surface area (Å²) in [4.78, 5) is 1.61. The number of rotatable bonds is 5. The predicted octanol–water partition coefficient (Wildman–Crippen LogP) is -1.33. The number of piperazine rings is 1. The summed E-state index contributed by atoms with van der Waals surface area (Å²) in [6, 6.07) is 4.10. The molecule has 0 saturated carbocycles. The molecule has 0 atom stereocenters. The van der Waals surface area contributed by atoms with E-state index in [4.69, 9.17) is 14.2 Å². The number of hydrogen-bond acceptors (Lipinski definition) is 3. The lowest BCUT2D eigenvalue weighted by Crippen LogP contribution is -3.19. The topological polar surface area (TPSA) is 48.7 Å². The van der Waals surface area contributed by atoms with Gasteiger partial charge in [0.05, 0.1) is 21.3 Å².